The summed E-state index contributed by atoms with van der Waals surface area (Å²) in [6, 6.07) is 8.05. The van der Waals surface area contributed by atoms with E-state index in [2.05, 4.69) is 64.8 Å². The van der Waals surface area contributed by atoms with Crippen LogP contribution in [0.1, 0.15) is 75.0 Å². The molecule has 3 aromatic rings. The molecule has 0 saturated carbocycles. The van der Waals surface area contributed by atoms with Crippen LogP contribution in [0.5, 0.6) is 0 Å². The molecule has 45 heavy (non-hydrogen) atoms. The molecule has 3 heterocycles. The first kappa shape index (κ1) is 32.0. The van der Waals surface area contributed by atoms with Crippen LogP contribution in [-0.4, -0.2) is 54.7 Å². The van der Waals surface area contributed by atoms with Crippen molar-refractivity contribution in [2.75, 3.05) is 13.2 Å². The minimum absolute atomic E-state index is 0.0511. The van der Waals surface area contributed by atoms with Crippen molar-refractivity contribution in [3.05, 3.63) is 93.4 Å². The molecular formula is C35H43N7O3. The third-order valence-corrected chi connectivity index (χ3v) is 8.33. The molecule has 1 aliphatic heterocycles. The summed E-state index contributed by atoms with van der Waals surface area (Å²) in [7, 11) is 0. The van der Waals surface area contributed by atoms with E-state index in [1.807, 2.05) is 31.2 Å². The van der Waals surface area contributed by atoms with Crippen LogP contribution in [0.2, 0.25) is 0 Å². The van der Waals surface area contributed by atoms with Crippen molar-refractivity contribution in [3.8, 4) is 11.4 Å². The van der Waals surface area contributed by atoms with Crippen LogP contribution in [0.15, 0.2) is 70.2 Å². The van der Waals surface area contributed by atoms with Gasteiger partial charge in [0.1, 0.15) is 17.4 Å². The first-order chi connectivity index (χ1) is 22.0. The van der Waals surface area contributed by atoms with Crippen molar-refractivity contribution in [1.29, 1.82) is 0 Å². The normalized spacial score (nSPS) is 20.0. The Labute approximate surface area is 264 Å². The van der Waals surface area contributed by atoms with Gasteiger partial charge in [-0.15, -0.1) is 10.2 Å². The highest BCUT2D eigenvalue weighted by Crippen LogP contribution is 2.32. The molecule has 236 valence electrons. The fourth-order valence-electron chi connectivity index (χ4n) is 5.77. The lowest BCUT2D eigenvalue weighted by atomic mass is 9.87. The first-order valence-corrected chi connectivity index (χ1v) is 16.0. The molecule has 2 aliphatic rings. The SMILES string of the molecule is CCCCc1nc(C)n(C2=CC(CC)C/C=C(OCCCO)\C=N/2)c(=O)c1CC1C=CC(c2ccccc2-c2nn[nH]n2)=CC1. The average molecular weight is 610 g/mol. The minimum Gasteiger partial charge on any atom is -0.492 e. The number of nitrogens with zero attached hydrogens (tertiary/aromatic N) is 6. The van der Waals surface area contributed by atoms with Crippen molar-refractivity contribution in [3.63, 3.8) is 0 Å². The standard InChI is InChI=1S/C35H43N7O3/c1-4-6-12-32-31(21-26-13-16-27(17-14-26)29-10-7-8-11-30(29)34-38-40-41-39-34)35(44)42(24(3)37-32)33-22-25(5-2)15-18-28(23-36-33)45-20-9-19-43/h7-8,10-11,13,16-18,22-23,25-26,43H,4-6,9,12,14-15,19-21H2,1-3H3,(H,38,39,40,41)/b28-18+,33-22?,36-23-. The van der Waals surface area contributed by atoms with Gasteiger partial charge >= 0.3 is 0 Å². The highest BCUT2D eigenvalue weighted by atomic mass is 16.5. The number of aliphatic hydroxyl groups excluding tert-OH is 1. The molecule has 2 aromatic heterocycles. The Bertz CT molecular complexity index is 1660. The Balaban J connectivity index is 1.44. The van der Waals surface area contributed by atoms with Crippen molar-refractivity contribution in [1.82, 2.24) is 30.2 Å². The summed E-state index contributed by atoms with van der Waals surface area (Å²) in [5.41, 5.74) is 4.66. The predicted octanol–water partition coefficient (Wildman–Crippen LogP) is 5.86. The van der Waals surface area contributed by atoms with E-state index in [1.54, 1.807) is 10.8 Å². The third kappa shape index (κ3) is 7.81. The largest absolute Gasteiger partial charge is 0.492 e. The van der Waals surface area contributed by atoms with Gasteiger partial charge in [-0.05, 0) is 85.8 Å². The van der Waals surface area contributed by atoms with Crippen LogP contribution in [0, 0.1) is 18.8 Å². The van der Waals surface area contributed by atoms with Gasteiger partial charge in [-0.2, -0.15) is 5.21 Å². The fraction of sp³-hybridized carbons (Fsp3) is 0.429. The molecular weight excluding hydrogens is 566 g/mol. The van der Waals surface area contributed by atoms with Gasteiger partial charge in [-0.1, -0.05) is 62.8 Å². The van der Waals surface area contributed by atoms with Crippen molar-refractivity contribution in [2.45, 2.75) is 72.1 Å². The highest BCUT2D eigenvalue weighted by molar-refractivity contribution is 5.84. The number of unbranched alkanes of at least 4 members (excludes halogenated alkanes) is 1. The molecule has 1 aliphatic carbocycles. The molecule has 0 radical (unpaired) electrons. The zero-order valence-corrected chi connectivity index (χ0v) is 26.4. The third-order valence-electron chi connectivity index (χ3n) is 8.33. The van der Waals surface area contributed by atoms with Gasteiger partial charge in [0.15, 0.2) is 0 Å². The highest BCUT2D eigenvalue weighted by Gasteiger charge is 2.22. The number of hydrogen-bond acceptors (Lipinski definition) is 8. The average Bonchev–Trinajstić information content (AvgIpc) is 3.59. The minimum atomic E-state index is -0.0511. The Hall–Kier alpha value is -4.44. The van der Waals surface area contributed by atoms with E-state index in [-0.39, 0.29) is 24.0 Å². The number of tetrazole rings is 1. The summed E-state index contributed by atoms with van der Waals surface area (Å²) in [4.78, 5) is 24.1. The second-order valence-corrected chi connectivity index (χ2v) is 11.5. The molecule has 0 spiro atoms. The molecule has 2 N–H and O–H groups in total. The maximum Gasteiger partial charge on any atom is 0.262 e. The number of rotatable bonds is 13. The molecule has 1 aromatic carbocycles. The molecule has 5 rings (SSSR count). The van der Waals surface area contributed by atoms with E-state index in [0.29, 0.717) is 42.7 Å². The molecule has 10 heteroatoms. The predicted molar refractivity (Wildman–Crippen MR) is 177 cm³/mol. The smallest absolute Gasteiger partial charge is 0.262 e. The van der Waals surface area contributed by atoms with Crippen molar-refractivity contribution in [2.24, 2.45) is 16.8 Å². The number of hydrogen-bond donors (Lipinski definition) is 2. The quantitative estimate of drug-likeness (QED) is 0.232. The Kier molecular flexibility index (Phi) is 11.0. The topological polar surface area (TPSA) is 131 Å². The monoisotopic (exact) mass is 609 g/mol. The van der Waals surface area contributed by atoms with Crippen LogP contribution >= 0.6 is 0 Å². The molecule has 2 atom stereocenters. The van der Waals surface area contributed by atoms with Gasteiger partial charge in [0, 0.05) is 24.2 Å². The summed E-state index contributed by atoms with van der Waals surface area (Å²) >= 11 is 0. The Morgan fingerprint density at radius 3 is 2.62 bits per heavy atom. The van der Waals surface area contributed by atoms with Gasteiger partial charge in [-0.25, -0.2) is 14.5 Å². The molecule has 0 fully saturated rings. The van der Waals surface area contributed by atoms with Crippen molar-refractivity contribution >= 4 is 17.6 Å². The van der Waals surface area contributed by atoms with Gasteiger partial charge < -0.3 is 9.84 Å². The fourth-order valence-corrected chi connectivity index (χ4v) is 5.77. The van der Waals surface area contributed by atoms with E-state index in [4.69, 9.17) is 19.8 Å². The van der Waals surface area contributed by atoms with E-state index < -0.39 is 0 Å². The Morgan fingerprint density at radius 2 is 1.91 bits per heavy atom. The zero-order chi connectivity index (χ0) is 31.6. The number of aromatic amines is 1. The lowest BCUT2D eigenvalue weighted by Gasteiger charge is -2.21. The molecule has 0 saturated heterocycles. The molecule has 0 bridgehead atoms. The number of benzene rings is 1. The summed E-state index contributed by atoms with van der Waals surface area (Å²) in [6.07, 6.45) is 18.8. The number of aromatic nitrogens is 6. The maximum absolute atomic E-state index is 14.4. The number of H-pyrrole nitrogens is 1. The second-order valence-electron chi connectivity index (χ2n) is 11.5. The maximum atomic E-state index is 14.4. The number of allylic oxidation sites excluding steroid dienone is 7. The van der Waals surface area contributed by atoms with E-state index in [0.717, 1.165) is 66.5 Å². The summed E-state index contributed by atoms with van der Waals surface area (Å²) in [6.45, 7) is 6.66. The molecule has 0 amide bonds. The van der Waals surface area contributed by atoms with Crippen LogP contribution < -0.4 is 5.56 Å². The lowest BCUT2D eigenvalue weighted by Crippen LogP contribution is -2.30. The molecule has 2 unspecified atom stereocenters. The summed E-state index contributed by atoms with van der Waals surface area (Å²) < 4.78 is 7.53. The van der Waals surface area contributed by atoms with Gasteiger partial charge in [0.05, 0.1) is 18.5 Å². The first-order valence-electron chi connectivity index (χ1n) is 16.0. The number of aliphatic imine (C=N–C) groups is 1. The molecule has 10 nitrogen and oxygen atoms in total. The van der Waals surface area contributed by atoms with Crippen molar-refractivity contribution < 1.29 is 9.84 Å². The van der Waals surface area contributed by atoms with E-state index >= 15 is 0 Å². The van der Waals surface area contributed by atoms with Gasteiger partial charge in [-0.3, -0.25) is 4.79 Å². The number of aryl methyl sites for hydroxylation is 2. The van der Waals surface area contributed by atoms with Gasteiger partial charge in [0.25, 0.3) is 5.56 Å². The second kappa shape index (κ2) is 15.5. The lowest BCUT2D eigenvalue weighted by molar-refractivity contribution is 0.188. The van der Waals surface area contributed by atoms with E-state index in [9.17, 15) is 4.79 Å². The number of nitrogens with one attached hydrogen (secondary N) is 1. The van der Waals surface area contributed by atoms with Gasteiger partial charge in [0.2, 0.25) is 5.82 Å². The van der Waals surface area contributed by atoms with Crippen LogP contribution in [0.4, 0.5) is 0 Å². The van der Waals surface area contributed by atoms with Crippen LogP contribution in [-0.2, 0) is 17.6 Å². The summed E-state index contributed by atoms with van der Waals surface area (Å²) in [5, 5.41) is 23.8. The zero-order valence-electron chi connectivity index (χ0n) is 26.4. The Morgan fingerprint density at radius 1 is 1.09 bits per heavy atom. The van der Waals surface area contributed by atoms with Crippen LogP contribution in [0.25, 0.3) is 22.8 Å². The van der Waals surface area contributed by atoms with Crippen LogP contribution in [0.3, 0.4) is 0 Å². The number of ether oxygens (including phenoxy) is 1. The van der Waals surface area contributed by atoms with E-state index in [1.165, 1.54) is 0 Å². The number of aliphatic hydroxyl groups is 1. The summed E-state index contributed by atoms with van der Waals surface area (Å²) in [5.74, 6) is 2.79.